The lowest BCUT2D eigenvalue weighted by Crippen LogP contribution is -2.25. The topological polar surface area (TPSA) is 78.9 Å². The van der Waals surface area contributed by atoms with Crippen LogP contribution in [0.25, 0.3) is 0 Å². The van der Waals surface area contributed by atoms with Crippen molar-refractivity contribution in [3.05, 3.63) is 35.4 Å². The van der Waals surface area contributed by atoms with Gasteiger partial charge >= 0.3 is 0 Å². The molecule has 1 amide bonds. The van der Waals surface area contributed by atoms with Gasteiger partial charge in [-0.2, -0.15) is 0 Å². The molecule has 2 N–H and O–H groups in total. The summed E-state index contributed by atoms with van der Waals surface area (Å²) in [7, 11) is 4.11. The predicted octanol–water partition coefficient (Wildman–Crippen LogP) is 1.49. The Bertz CT molecular complexity index is 485. The van der Waals surface area contributed by atoms with Crippen LogP contribution in [0, 0.1) is 5.92 Å². The van der Waals surface area contributed by atoms with Crippen molar-refractivity contribution >= 4 is 12.4 Å². The number of carbonyl (C=O) groups is 2. The van der Waals surface area contributed by atoms with Crippen LogP contribution in [-0.4, -0.2) is 49.7 Å². The lowest BCUT2D eigenvalue weighted by atomic mass is 10.0. The Balaban J connectivity index is 0.000000816. The highest BCUT2D eigenvalue weighted by molar-refractivity contribution is 5.76. The molecule has 0 aliphatic carbocycles. The van der Waals surface area contributed by atoms with Gasteiger partial charge in [0, 0.05) is 32.7 Å². The van der Waals surface area contributed by atoms with E-state index in [1.165, 1.54) is 5.56 Å². The van der Waals surface area contributed by atoms with Gasteiger partial charge in [-0.05, 0) is 37.6 Å². The van der Waals surface area contributed by atoms with E-state index in [2.05, 4.69) is 42.5 Å². The second kappa shape index (κ2) is 10.7. The van der Waals surface area contributed by atoms with Crippen molar-refractivity contribution in [1.82, 2.24) is 10.2 Å². The molecule has 1 aliphatic heterocycles. The fourth-order valence-electron chi connectivity index (χ4n) is 2.48. The maximum absolute atomic E-state index is 11.9. The van der Waals surface area contributed by atoms with E-state index in [1.807, 2.05) is 6.07 Å². The Kier molecular flexibility index (Phi) is 8.94. The number of ether oxygens (including phenoxy) is 1. The Morgan fingerprint density at radius 3 is 2.74 bits per heavy atom. The van der Waals surface area contributed by atoms with E-state index in [1.54, 1.807) is 0 Å². The molecule has 0 saturated carbocycles. The van der Waals surface area contributed by atoms with Gasteiger partial charge in [0.2, 0.25) is 5.91 Å². The van der Waals surface area contributed by atoms with Crippen LogP contribution >= 0.6 is 0 Å². The van der Waals surface area contributed by atoms with Crippen LogP contribution in [0.4, 0.5) is 0 Å². The van der Waals surface area contributed by atoms with E-state index in [0.29, 0.717) is 18.9 Å². The fraction of sp³-hybridized carbons (Fsp3) is 0.529. The Morgan fingerprint density at radius 2 is 2.13 bits per heavy atom. The fourth-order valence-corrected chi connectivity index (χ4v) is 2.48. The van der Waals surface area contributed by atoms with Crippen molar-refractivity contribution in [1.29, 1.82) is 0 Å². The van der Waals surface area contributed by atoms with Crippen molar-refractivity contribution in [2.24, 2.45) is 5.92 Å². The standard InChI is InChI=1S/C16H24N2O2.CH2O2/c1-18(2)11-14-5-3-4-13(8-14)10-17-16(19)9-15-6-7-20-12-15;2-1-3/h3-5,8,15H,6-7,9-12H2,1-2H3,(H,17,19);1H,(H,2,3). The Hall–Kier alpha value is -1.92. The highest BCUT2D eigenvalue weighted by Gasteiger charge is 2.18. The molecule has 1 unspecified atom stereocenters. The number of nitrogens with one attached hydrogen (secondary N) is 1. The van der Waals surface area contributed by atoms with Crippen LogP contribution in [0.1, 0.15) is 24.0 Å². The average Bonchev–Trinajstić information content (AvgIpc) is 2.98. The molecule has 0 radical (unpaired) electrons. The summed E-state index contributed by atoms with van der Waals surface area (Å²) in [6.45, 7) is 2.80. The molecule has 1 heterocycles. The molecule has 6 heteroatoms. The summed E-state index contributed by atoms with van der Waals surface area (Å²) in [5.74, 6) is 0.522. The summed E-state index contributed by atoms with van der Waals surface area (Å²) in [5, 5.41) is 9.89. The van der Waals surface area contributed by atoms with Gasteiger partial charge in [-0.1, -0.05) is 24.3 Å². The first-order valence-corrected chi connectivity index (χ1v) is 7.70. The maximum Gasteiger partial charge on any atom is 0.290 e. The third kappa shape index (κ3) is 8.32. The molecular weight excluding hydrogens is 296 g/mol. The number of hydrogen-bond donors (Lipinski definition) is 2. The van der Waals surface area contributed by atoms with Gasteiger partial charge in [0.25, 0.3) is 6.47 Å². The van der Waals surface area contributed by atoms with Gasteiger partial charge in [-0.25, -0.2) is 0 Å². The number of hydrogen-bond acceptors (Lipinski definition) is 4. The molecule has 6 nitrogen and oxygen atoms in total. The second-order valence-corrected chi connectivity index (χ2v) is 5.87. The molecular formula is C17H26N2O4. The zero-order valence-electron chi connectivity index (χ0n) is 13.8. The minimum atomic E-state index is -0.250. The lowest BCUT2D eigenvalue weighted by Gasteiger charge is -2.12. The largest absolute Gasteiger partial charge is 0.483 e. The zero-order chi connectivity index (χ0) is 17.1. The van der Waals surface area contributed by atoms with Crippen molar-refractivity contribution in [3.63, 3.8) is 0 Å². The van der Waals surface area contributed by atoms with Gasteiger partial charge in [0.05, 0.1) is 0 Å². The van der Waals surface area contributed by atoms with E-state index >= 15 is 0 Å². The molecule has 1 aromatic rings. The molecule has 1 atom stereocenters. The van der Waals surface area contributed by atoms with Crippen LogP contribution in [0.2, 0.25) is 0 Å². The minimum absolute atomic E-state index is 0.124. The number of nitrogens with zero attached hydrogens (tertiary/aromatic N) is 1. The summed E-state index contributed by atoms with van der Waals surface area (Å²) in [6.07, 6.45) is 1.59. The van der Waals surface area contributed by atoms with E-state index in [0.717, 1.165) is 31.7 Å². The second-order valence-electron chi connectivity index (χ2n) is 5.87. The molecule has 0 bridgehead atoms. The highest BCUT2D eigenvalue weighted by Crippen LogP contribution is 2.16. The van der Waals surface area contributed by atoms with Gasteiger partial charge in [0.15, 0.2) is 0 Å². The maximum atomic E-state index is 11.9. The van der Waals surface area contributed by atoms with Crippen molar-refractivity contribution in [3.8, 4) is 0 Å². The van der Waals surface area contributed by atoms with E-state index in [4.69, 9.17) is 14.6 Å². The molecule has 128 valence electrons. The predicted molar refractivity (Wildman–Crippen MR) is 87.9 cm³/mol. The van der Waals surface area contributed by atoms with E-state index < -0.39 is 0 Å². The van der Waals surface area contributed by atoms with Gasteiger partial charge in [0.1, 0.15) is 0 Å². The summed E-state index contributed by atoms with van der Waals surface area (Å²) >= 11 is 0. The lowest BCUT2D eigenvalue weighted by molar-refractivity contribution is -0.123. The summed E-state index contributed by atoms with van der Waals surface area (Å²) in [5.41, 5.74) is 2.42. The number of amides is 1. The zero-order valence-corrected chi connectivity index (χ0v) is 13.8. The van der Waals surface area contributed by atoms with Crippen LogP contribution in [0.15, 0.2) is 24.3 Å². The van der Waals surface area contributed by atoms with Gasteiger partial charge in [-0.15, -0.1) is 0 Å². The number of carbonyl (C=O) groups excluding carboxylic acids is 1. The van der Waals surface area contributed by atoms with Crippen molar-refractivity contribution in [2.45, 2.75) is 25.9 Å². The summed E-state index contributed by atoms with van der Waals surface area (Å²) in [4.78, 5) is 22.4. The monoisotopic (exact) mass is 322 g/mol. The first-order valence-electron chi connectivity index (χ1n) is 7.70. The third-order valence-corrected chi connectivity index (χ3v) is 3.48. The Morgan fingerprint density at radius 1 is 1.43 bits per heavy atom. The molecule has 1 aliphatic rings. The normalized spacial score (nSPS) is 16.6. The average molecular weight is 322 g/mol. The van der Waals surface area contributed by atoms with Gasteiger partial charge in [-0.3, -0.25) is 9.59 Å². The molecule has 1 aromatic carbocycles. The van der Waals surface area contributed by atoms with E-state index in [-0.39, 0.29) is 12.4 Å². The molecule has 0 spiro atoms. The number of benzene rings is 1. The third-order valence-electron chi connectivity index (χ3n) is 3.48. The molecule has 2 rings (SSSR count). The van der Waals surface area contributed by atoms with Crippen molar-refractivity contribution in [2.75, 3.05) is 27.3 Å². The first-order chi connectivity index (χ1) is 11.0. The molecule has 23 heavy (non-hydrogen) atoms. The van der Waals surface area contributed by atoms with Gasteiger partial charge < -0.3 is 20.1 Å². The van der Waals surface area contributed by atoms with Crippen molar-refractivity contribution < 1.29 is 19.4 Å². The van der Waals surface area contributed by atoms with Crippen LogP contribution in [0.3, 0.4) is 0 Å². The first kappa shape index (κ1) is 19.1. The quantitative estimate of drug-likeness (QED) is 0.776. The Labute approximate surface area is 137 Å². The molecule has 1 saturated heterocycles. The smallest absolute Gasteiger partial charge is 0.290 e. The SMILES string of the molecule is CN(C)Cc1cccc(CNC(=O)CC2CCOC2)c1.O=CO. The van der Waals surface area contributed by atoms with E-state index in [9.17, 15) is 4.79 Å². The highest BCUT2D eigenvalue weighted by atomic mass is 16.5. The number of rotatable bonds is 6. The van der Waals surface area contributed by atoms with Crippen LogP contribution in [-0.2, 0) is 27.4 Å². The van der Waals surface area contributed by atoms with Crippen LogP contribution in [0.5, 0.6) is 0 Å². The number of carboxylic acid groups (broad SMARTS) is 1. The summed E-state index contributed by atoms with van der Waals surface area (Å²) < 4.78 is 5.29. The molecule has 1 fully saturated rings. The molecule has 0 aromatic heterocycles. The minimum Gasteiger partial charge on any atom is -0.483 e. The van der Waals surface area contributed by atoms with Crippen LogP contribution < -0.4 is 5.32 Å². The summed E-state index contributed by atoms with van der Waals surface area (Å²) in [6, 6.07) is 8.36.